The Morgan fingerprint density at radius 2 is 0.798 bits per heavy atom. The van der Waals surface area contributed by atoms with Crippen LogP contribution in [-0.2, 0) is 44.4 Å². The Morgan fingerprint density at radius 3 is 1.14 bits per heavy atom. The fourth-order valence-electron chi connectivity index (χ4n) is 12.4. The van der Waals surface area contributed by atoms with E-state index in [2.05, 4.69) is 9.71 Å². The van der Waals surface area contributed by atoms with Gasteiger partial charge in [0.15, 0.2) is 74.2 Å². The molecule has 0 amide bonds. The van der Waals surface area contributed by atoms with Crippen molar-refractivity contribution in [2.75, 3.05) is 61.0 Å². The van der Waals surface area contributed by atoms with E-state index in [1.807, 2.05) is 65.8 Å². The molecule has 3 aliphatic heterocycles. The molecule has 11 rings (SSSR count). The maximum absolute atomic E-state index is 13.2. The minimum Gasteiger partial charge on any atom is -0.493 e. The van der Waals surface area contributed by atoms with Gasteiger partial charge in [0.05, 0.1) is 89.1 Å². The Bertz CT molecular complexity index is 4800. The number of aliphatic hydroxyl groups is 6. The second kappa shape index (κ2) is 36.7. The molecule has 29 heteroatoms. The number of methoxy groups -OCH3 is 3. The summed E-state index contributed by atoms with van der Waals surface area (Å²) in [5.74, 6) is 3.43. The molecular weight excluding hydrogens is 1550 g/mol. The predicted octanol–water partition coefficient (Wildman–Crippen LogP) is 13.2. The van der Waals surface area contributed by atoms with E-state index in [0.29, 0.717) is 118 Å². The number of hydrogen-bond acceptors (Lipinski definition) is 24. The molecule has 10 atom stereocenters. The van der Waals surface area contributed by atoms with E-state index in [1.54, 1.807) is 139 Å². The summed E-state index contributed by atoms with van der Waals surface area (Å²) < 4.78 is 66.2. The van der Waals surface area contributed by atoms with Crippen LogP contribution >= 0.6 is 34.8 Å². The van der Waals surface area contributed by atoms with Gasteiger partial charge >= 0.3 is 0 Å². The highest BCUT2D eigenvalue weighted by Crippen LogP contribution is 2.48. The molecule has 3 aliphatic rings. The Kier molecular flexibility index (Phi) is 28.8. The van der Waals surface area contributed by atoms with Gasteiger partial charge in [-0.3, -0.25) is 14.4 Å². The highest BCUT2D eigenvalue weighted by atomic mass is 35.5. The van der Waals surface area contributed by atoms with Gasteiger partial charge in [0, 0.05) is 73.8 Å². The van der Waals surface area contributed by atoms with Gasteiger partial charge in [0.2, 0.25) is 0 Å². The molecule has 6 heterocycles. The number of nitrogens with one attached hydrogen (secondary N) is 1. The molecule has 0 aliphatic carbocycles. The van der Waals surface area contributed by atoms with Crippen molar-refractivity contribution >= 4 is 63.1 Å². The number of nitrogens with zero attached hydrogens (tertiary/aromatic N) is 3. The van der Waals surface area contributed by atoms with E-state index >= 15 is 0 Å². The second-order valence-electron chi connectivity index (χ2n) is 31.3. The number of Topliss-reactive ketones (excluding diaryl/α,β-unsaturated/α-hetero) is 3. The SMILES string of the molecule is COc1cc(C(=O)CCC(C)(O)c2cc3c(c(-c4ccc(Cl)cc4)n2)OCC3(C)N)ccc1OC[C@@H](C)O.COc1cc(C(=O)CCC(C)(O)c2cc3c(c(-c4ccc(Cl)cc4)n2)OCC3(C)NS(=O)C(C)(C)C)ccc1OC[C@@H](C)O.COc1cc(C(=O)CCC(C)(O)c2cc3c(c(Cl)n2)OCC3(C)N)ccc1OC[C@@H](C)O. The Labute approximate surface area is 682 Å². The highest BCUT2D eigenvalue weighted by Gasteiger charge is 2.45. The number of ketones is 3. The average Bonchev–Trinajstić information content (AvgIpc) is 1.57. The molecule has 3 aromatic heterocycles. The number of fused-ring (bicyclic) bond motifs is 3. The zero-order chi connectivity index (χ0) is 83.8. The van der Waals surface area contributed by atoms with E-state index in [4.69, 9.17) is 98.9 Å². The maximum atomic E-state index is 13.2. The summed E-state index contributed by atoms with van der Waals surface area (Å²) in [5, 5.41) is 64.0. The summed E-state index contributed by atoms with van der Waals surface area (Å²) >= 11 is 18.5. The van der Waals surface area contributed by atoms with Crippen LogP contribution in [0, 0.1) is 0 Å². The Balaban J connectivity index is 0.000000198. The number of carbonyl (C=O) groups excluding carboxylic acids is 3. The Morgan fingerprint density at radius 1 is 0.482 bits per heavy atom. The molecule has 8 aromatic rings. The molecular formula is C85H103Cl3N6O19S. The van der Waals surface area contributed by atoms with Crippen molar-refractivity contribution in [3.05, 3.63) is 187 Å². The minimum atomic E-state index is -1.50. The standard InChI is InChI=1S/C33H41ClN2O7S.C29H33ClN2O6.C23H29ClN2O6/c1-20(37)18-42-26-13-10-22(16-27(26)41-7)25(38)14-15-33(6,39)28-17-24-30(29(35-28)21-8-11-23(34)12-9-21)43-19-32(24,5)36-44(40)31(2,3)4;1-17(33)15-37-23-10-7-19(13-24(23)36-4)22(34)11-12-29(3,35)25-14-21-27(38-16-28(21,2)31)26(32-25)18-5-8-20(30)9-6-18;1-13(27)11-31-17-6-5-14(9-18(17)30-4)16(28)7-8-23(3,29)19-10-15-20(21(24)26-19)32-12-22(15,2)25/h8-13,16-17,20,36-37,39H,14-15,18-19H2,1-7H3;5-10,13-14,17,33,35H,11-12,15-16,31H2,1-4H3;5-6,9-10,13,27,29H,7-8,11-12,25H2,1-4H3/t20-,32?,33?,44?;17-,28?,29?;13-,22?,23?/m111/s1. The van der Waals surface area contributed by atoms with E-state index in [0.717, 1.165) is 16.7 Å². The van der Waals surface area contributed by atoms with Gasteiger partial charge in [-0.15, -0.1) is 0 Å². The molecule has 0 fully saturated rings. The van der Waals surface area contributed by atoms with Gasteiger partial charge in [-0.2, -0.15) is 0 Å². The van der Waals surface area contributed by atoms with Crippen molar-refractivity contribution in [2.45, 2.75) is 178 Å². The van der Waals surface area contributed by atoms with Crippen molar-refractivity contribution in [1.29, 1.82) is 0 Å². The van der Waals surface area contributed by atoms with Gasteiger partial charge in [-0.1, -0.05) is 59.1 Å². The normalized spacial score (nSPS) is 19.2. The van der Waals surface area contributed by atoms with Crippen LogP contribution < -0.4 is 58.8 Å². The van der Waals surface area contributed by atoms with E-state index in [-0.39, 0.29) is 101 Å². The molecule has 614 valence electrons. The predicted molar refractivity (Wildman–Crippen MR) is 436 cm³/mol. The fourth-order valence-corrected chi connectivity index (χ4v) is 13.8. The number of hydrogen-bond donors (Lipinski definition) is 9. The molecule has 5 aromatic carbocycles. The molecule has 11 N–H and O–H groups in total. The summed E-state index contributed by atoms with van der Waals surface area (Å²) in [6.07, 6.45) is -1.43. The van der Waals surface area contributed by atoms with Gasteiger partial charge in [-0.05, 0) is 199 Å². The third-order valence-corrected chi connectivity index (χ3v) is 21.9. The summed E-state index contributed by atoms with van der Waals surface area (Å²) in [6.45, 7) is 22.0. The zero-order valence-electron chi connectivity index (χ0n) is 66.8. The number of ether oxygens (including phenoxy) is 9. The van der Waals surface area contributed by atoms with Crippen molar-refractivity contribution < 1.29 is 91.9 Å². The van der Waals surface area contributed by atoms with Gasteiger partial charge in [0.1, 0.15) is 67.8 Å². The molecule has 0 saturated heterocycles. The first-order chi connectivity index (χ1) is 53.4. The largest absolute Gasteiger partial charge is 0.493 e. The molecule has 0 bridgehead atoms. The number of nitrogens with two attached hydrogens (primary N) is 2. The first-order valence-corrected chi connectivity index (χ1v) is 39.4. The lowest BCUT2D eigenvalue weighted by molar-refractivity contribution is 0.0395. The average molecular weight is 1650 g/mol. The zero-order valence-corrected chi connectivity index (χ0v) is 69.9. The van der Waals surface area contributed by atoms with Crippen molar-refractivity contribution in [1.82, 2.24) is 19.7 Å². The van der Waals surface area contributed by atoms with E-state index in [9.17, 15) is 49.2 Å². The first-order valence-electron chi connectivity index (χ1n) is 37.1. The van der Waals surface area contributed by atoms with Crippen LogP contribution in [0.2, 0.25) is 15.2 Å². The number of pyridine rings is 3. The second-order valence-corrected chi connectivity index (χ2v) is 34.5. The van der Waals surface area contributed by atoms with E-state index in [1.165, 1.54) is 21.3 Å². The van der Waals surface area contributed by atoms with Crippen LogP contribution in [-0.4, -0.2) is 151 Å². The maximum Gasteiger partial charge on any atom is 0.171 e. The van der Waals surface area contributed by atoms with Crippen LogP contribution in [0.4, 0.5) is 0 Å². The quantitative estimate of drug-likeness (QED) is 0.0144. The van der Waals surface area contributed by atoms with Crippen LogP contribution in [0.15, 0.2) is 121 Å². The van der Waals surface area contributed by atoms with Crippen molar-refractivity contribution in [2.24, 2.45) is 11.5 Å². The smallest absolute Gasteiger partial charge is 0.171 e. The van der Waals surface area contributed by atoms with E-state index < -0.39 is 67.5 Å². The van der Waals surface area contributed by atoms with Gasteiger partial charge in [-0.25, -0.2) is 23.9 Å². The molecule has 25 nitrogen and oxygen atoms in total. The monoisotopic (exact) mass is 1650 g/mol. The molecule has 114 heavy (non-hydrogen) atoms. The summed E-state index contributed by atoms with van der Waals surface area (Å²) in [4.78, 5) is 53.0. The number of aliphatic hydroxyl groups excluding tert-OH is 3. The third-order valence-electron chi connectivity index (χ3n) is 19.4. The highest BCUT2D eigenvalue weighted by molar-refractivity contribution is 7.84. The third kappa shape index (κ3) is 21.9. The van der Waals surface area contributed by atoms with Crippen LogP contribution in [0.25, 0.3) is 22.5 Å². The van der Waals surface area contributed by atoms with Gasteiger partial charge in [0.25, 0.3) is 0 Å². The van der Waals surface area contributed by atoms with Crippen LogP contribution in [0.1, 0.15) is 186 Å². The lowest BCUT2D eigenvalue weighted by atomic mass is 9.88. The lowest BCUT2D eigenvalue weighted by Gasteiger charge is -2.30. The Hall–Kier alpha value is -8.58. The summed E-state index contributed by atoms with van der Waals surface area (Å²) in [7, 11) is 3.03. The van der Waals surface area contributed by atoms with Crippen molar-refractivity contribution in [3.8, 4) is 74.3 Å². The lowest BCUT2D eigenvalue weighted by Crippen LogP contribution is -2.47. The number of aromatic nitrogens is 3. The number of rotatable bonds is 31. The molecule has 0 radical (unpaired) electrons. The summed E-state index contributed by atoms with van der Waals surface area (Å²) in [6, 6.07) is 34.1. The fraction of sp³-hybridized carbons (Fsp3) is 0.435. The molecule has 0 spiro atoms. The number of carbonyl (C=O) groups is 3. The topological polar surface area (TPSA) is 375 Å². The van der Waals surface area contributed by atoms with Crippen molar-refractivity contribution in [3.63, 3.8) is 0 Å². The summed E-state index contributed by atoms with van der Waals surface area (Å²) in [5.41, 5.74) is 13.2. The van der Waals surface area contributed by atoms with Crippen LogP contribution in [0.3, 0.4) is 0 Å². The minimum absolute atomic E-state index is 0.0269. The molecule has 7 unspecified atom stereocenters. The number of halogens is 3. The molecule has 0 saturated carbocycles. The van der Waals surface area contributed by atoms with Gasteiger partial charge < -0.3 is 84.7 Å². The van der Waals surface area contributed by atoms with Crippen LogP contribution in [0.5, 0.6) is 51.7 Å². The number of benzene rings is 5. The first kappa shape index (κ1) is 89.4.